The lowest BCUT2D eigenvalue weighted by molar-refractivity contribution is -0.115. The van der Waals surface area contributed by atoms with E-state index < -0.39 is 0 Å². The summed E-state index contributed by atoms with van der Waals surface area (Å²) < 4.78 is 5.50. The summed E-state index contributed by atoms with van der Waals surface area (Å²) in [5.41, 5.74) is 0.828. The molecule has 3 nitrogen and oxygen atoms in total. The third-order valence-corrected chi connectivity index (χ3v) is 2.09. The van der Waals surface area contributed by atoms with Crippen molar-refractivity contribution in [3.63, 3.8) is 0 Å². The second kappa shape index (κ2) is 4.00. The van der Waals surface area contributed by atoms with Crippen LogP contribution >= 0.6 is 0 Å². The van der Waals surface area contributed by atoms with Crippen molar-refractivity contribution < 1.29 is 9.21 Å². The van der Waals surface area contributed by atoms with Crippen LogP contribution in [0, 0.1) is 0 Å². The smallest absolute Gasteiger partial charge is 0.243 e. The molecule has 76 valence electrons. The summed E-state index contributed by atoms with van der Waals surface area (Å²) in [5.74, 6) is 0.537. The fourth-order valence-corrected chi connectivity index (χ4v) is 1.33. The van der Waals surface area contributed by atoms with Gasteiger partial charge in [-0.1, -0.05) is 18.2 Å². The largest absolute Gasteiger partial charge is 0.457 e. The Balaban J connectivity index is 2.29. The fraction of sp³-hybridized carbons (Fsp3) is 0.0833. The van der Waals surface area contributed by atoms with Gasteiger partial charge in [0.05, 0.1) is 0 Å². The van der Waals surface area contributed by atoms with Crippen molar-refractivity contribution in [1.82, 2.24) is 5.32 Å². The zero-order chi connectivity index (χ0) is 10.7. The topological polar surface area (TPSA) is 42.2 Å². The molecule has 1 aromatic carbocycles. The normalized spacial score (nSPS) is 11.0. The Kier molecular flexibility index (Phi) is 2.54. The molecule has 2 aromatic rings. The van der Waals surface area contributed by atoms with E-state index in [9.17, 15) is 4.79 Å². The summed E-state index contributed by atoms with van der Waals surface area (Å²) in [7, 11) is 1.59. The first-order valence-corrected chi connectivity index (χ1v) is 4.68. The van der Waals surface area contributed by atoms with Gasteiger partial charge in [0, 0.05) is 18.5 Å². The molecule has 2 rings (SSSR count). The number of nitrogens with one attached hydrogen (secondary N) is 1. The zero-order valence-electron chi connectivity index (χ0n) is 8.36. The number of hydrogen-bond acceptors (Lipinski definition) is 2. The van der Waals surface area contributed by atoms with Crippen molar-refractivity contribution in [2.75, 3.05) is 7.05 Å². The lowest BCUT2D eigenvalue weighted by Crippen LogP contribution is -2.13. The number of fused-ring (bicyclic) bond motifs is 1. The van der Waals surface area contributed by atoms with Crippen LogP contribution in [-0.2, 0) is 4.79 Å². The lowest BCUT2D eigenvalue weighted by atomic mass is 10.2. The predicted molar refractivity (Wildman–Crippen MR) is 59.3 cm³/mol. The van der Waals surface area contributed by atoms with Crippen molar-refractivity contribution in [2.24, 2.45) is 0 Å². The van der Waals surface area contributed by atoms with Crippen LogP contribution in [0.15, 0.2) is 40.8 Å². The highest BCUT2D eigenvalue weighted by Gasteiger charge is 1.99. The van der Waals surface area contributed by atoms with Crippen molar-refractivity contribution in [2.45, 2.75) is 0 Å². The number of carbonyl (C=O) groups is 1. The van der Waals surface area contributed by atoms with Gasteiger partial charge in [-0.15, -0.1) is 0 Å². The van der Waals surface area contributed by atoms with Gasteiger partial charge in [0.1, 0.15) is 11.3 Å². The van der Waals surface area contributed by atoms with E-state index in [2.05, 4.69) is 5.32 Å². The first-order valence-electron chi connectivity index (χ1n) is 4.68. The number of benzene rings is 1. The van der Waals surface area contributed by atoms with Gasteiger partial charge in [-0.2, -0.15) is 0 Å². The third-order valence-electron chi connectivity index (χ3n) is 2.09. The zero-order valence-corrected chi connectivity index (χ0v) is 8.36. The Morgan fingerprint density at radius 3 is 2.93 bits per heavy atom. The van der Waals surface area contributed by atoms with Crippen molar-refractivity contribution in [3.05, 3.63) is 42.2 Å². The Hall–Kier alpha value is -2.03. The van der Waals surface area contributed by atoms with Crippen LogP contribution in [0.3, 0.4) is 0 Å². The molecule has 0 unspecified atom stereocenters. The third kappa shape index (κ3) is 2.07. The highest BCUT2D eigenvalue weighted by Crippen LogP contribution is 2.19. The summed E-state index contributed by atoms with van der Waals surface area (Å²) in [6.07, 6.45) is 3.09. The van der Waals surface area contributed by atoms with E-state index in [0.29, 0.717) is 5.76 Å². The first kappa shape index (κ1) is 9.52. The molecule has 0 aliphatic carbocycles. The fourth-order valence-electron chi connectivity index (χ4n) is 1.33. The van der Waals surface area contributed by atoms with Gasteiger partial charge in [0.15, 0.2) is 0 Å². The Bertz CT molecular complexity index is 478. The SMILES string of the molecule is CNC(=O)/C=C/c1cc2ccccc2o1. The molecule has 0 aliphatic heterocycles. The maximum Gasteiger partial charge on any atom is 0.243 e. The number of carbonyl (C=O) groups excluding carboxylic acids is 1. The molecule has 0 atom stereocenters. The number of para-hydroxylation sites is 1. The monoisotopic (exact) mass is 201 g/mol. The average molecular weight is 201 g/mol. The standard InChI is InChI=1S/C12H11NO2/c1-13-12(14)7-6-10-8-9-4-2-3-5-11(9)15-10/h2-8H,1H3,(H,13,14)/b7-6+. The molecule has 0 saturated heterocycles. The van der Waals surface area contributed by atoms with Gasteiger partial charge in [0.25, 0.3) is 0 Å². The van der Waals surface area contributed by atoms with Crippen LogP contribution in [0.1, 0.15) is 5.76 Å². The highest BCUT2D eigenvalue weighted by molar-refractivity contribution is 5.91. The quantitative estimate of drug-likeness (QED) is 0.757. The number of furan rings is 1. The molecule has 1 N–H and O–H groups in total. The average Bonchev–Trinajstić information content (AvgIpc) is 2.68. The van der Waals surface area contributed by atoms with Crippen LogP contribution < -0.4 is 5.32 Å². The summed E-state index contributed by atoms with van der Waals surface area (Å²) in [6, 6.07) is 9.62. The van der Waals surface area contributed by atoms with Crippen LogP contribution in [0.4, 0.5) is 0 Å². The Morgan fingerprint density at radius 1 is 1.40 bits per heavy atom. The molecule has 1 heterocycles. The highest BCUT2D eigenvalue weighted by atomic mass is 16.3. The van der Waals surface area contributed by atoms with Gasteiger partial charge in [-0.25, -0.2) is 0 Å². The first-order chi connectivity index (χ1) is 7.29. The van der Waals surface area contributed by atoms with Crippen molar-refractivity contribution in [3.8, 4) is 0 Å². The number of likely N-dealkylation sites (N-methyl/N-ethyl adjacent to an activating group) is 1. The number of rotatable bonds is 2. The van der Waals surface area contributed by atoms with Gasteiger partial charge in [-0.3, -0.25) is 4.79 Å². The van der Waals surface area contributed by atoms with E-state index in [4.69, 9.17) is 4.42 Å². The molecule has 15 heavy (non-hydrogen) atoms. The minimum Gasteiger partial charge on any atom is -0.457 e. The predicted octanol–water partition coefficient (Wildman–Crippen LogP) is 2.19. The van der Waals surface area contributed by atoms with Gasteiger partial charge in [-0.05, 0) is 18.2 Å². The van der Waals surface area contributed by atoms with Gasteiger partial charge < -0.3 is 9.73 Å². The molecule has 0 spiro atoms. The van der Waals surface area contributed by atoms with Crippen LogP contribution in [0.25, 0.3) is 17.0 Å². The van der Waals surface area contributed by atoms with E-state index in [1.54, 1.807) is 13.1 Å². The van der Waals surface area contributed by atoms with Crippen molar-refractivity contribution >= 4 is 23.0 Å². The number of amides is 1. The van der Waals surface area contributed by atoms with Gasteiger partial charge in [0.2, 0.25) is 5.91 Å². The summed E-state index contributed by atoms with van der Waals surface area (Å²) in [5, 5.41) is 3.54. The molecular formula is C12H11NO2. The maximum absolute atomic E-state index is 11.0. The lowest BCUT2D eigenvalue weighted by Gasteiger charge is -1.87. The molecule has 1 amide bonds. The Morgan fingerprint density at radius 2 is 2.20 bits per heavy atom. The van der Waals surface area contributed by atoms with Gasteiger partial charge >= 0.3 is 0 Å². The van der Waals surface area contributed by atoms with Crippen LogP contribution in [0.2, 0.25) is 0 Å². The second-order valence-electron chi connectivity index (χ2n) is 3.13. The van der Waals surface area contributed by atoms with E-state index >= 15 is 0 Å². The maximum atomic E-state index is 11.0. The van der Waals surface area contributed by atoms with Crippen molar-refractivity contribution in [1.29, 1.82) is 0 Å². The Labute approximate surface area is 87.4 Å². The van der Waals surface area contributed by atoms with Crippen LogP contribution in [-0.4, -0.2) is 13.0 Å². The molecule has 0 saturated carbocycles. The van der Waals surface area contributed by atoms with E-state index in [-0.39, 0.29) is 5.91 Å². The van der Waals surface area contributed by atoms with Crippen LogP contribution in [0.5, 0.6) is 0 Å². The minimum atomic E-state index is -0.143. The molecule has 0 radical (unpaired) electrons. The number of hydrogen-bond donors (Lipinski definition) is 1. The molecule has 1 aromatic heterocycles. The second-order valence-corrected chi connectivity index (χ2v) is 3.13. The summed E-state index contributed by atoms with van der Waals surface area (Å²) in [6.45, 7) is 0. The molecule has 0 fully saturated rings. The van der Waals surface area contributed by atoms with E-state index in [0.717, 1.165) is 11.0 Å². The molecule has 0 bridgehead atoms. The summed E-state index contributed by atoms with van der Waals surface area (Å²) >= 11 is 0. The molecule has 0 aliphatic rings. The molecule has 3 heteroatoms. The van der Waals surface area contributed by atoms with E-state index in [1.165, 1.54) is 6.08 Å². The summed E-state index contributed by atoms with van der Waals surface area (Å²) in [4.78, 5) is 11.0. The molecular weight excluding hydrogens is 190 g/mol. The van der Waals surface area contributed by atoms with E-state index in [1.807, 2.05) is 30.3 Å². The minimum absolute atomic E-state index is 0.143.